The monoisotopic (exact) mass is 416 g/mol. The molecule has 0 aromatic rings. The number of hydrogen-bond donors (Lipinski definition) is 0. The van der Waals surface area contributed by atoms with Crippen LogP contribution in [0.3, 0.4) is 0 Å². The quantitative estimate of drug-likeness (QED) is 0.169. The third-order valence-electron chi connectivity index (χ3n) is 5.03. The summed E-state index contributed by atoms with van der Waals surface area (Å²) in [5, 5.41) is 0. The van der Waals surface area contributed by atoms with Crippen LogP contribution in [0.4, 0.5) is 0 Å². The van der Waals surface area contributed by atoms with Crippen molar-refractivity contribution in [1.82, 2.24) is 0 Å². The molecule has 0 amide bonds. The number of rotatable bonds is 14. The van der Waals surface area contributed by atoms with Gasteiger partial charge in [0, 0.05) is 6.61 Å². The molecule has 2 aliphatic heterocycles. The topological polar surface area (TPSA) is 94.1 Å². The molecule has 0 radical (unpaired) electrons. The fourth-order valence-electron chi connectivity index (χ4n) is 3.63. The molecule has 0 aromatic carbocycles. The molecule has 2 saturated heterocycles. The second-order valence-corrected chi connectivity index (χ2v) is 8.24. The zero-order chi connectivity index (χ0) is 18.8. The molecule has 2 heterocycles. The van der Waals surface area contributed by atoms with E-state index >= 15 is 0 Å². The summed E-state index contributed by atoms with van der Waals surface area (Å²) in [7, 11) is -4.75. The first-order valence-electron chi connectivity index (χ1n) is 10.00. The van der Waals surface area contributed by atoms with Gasteiger partial charge in [-0.3, -0.25) is 4.18 Å². The Balaban J connectivity index is 0.00000364. The fraction of sp³-hybridized carbons (Fsp3) is 1.00. The summed E-state index contributed by atoms with van der Waals surface area (Å²) in [6.07, 6.45) is 10.7. The molecule has 0 bridgehead atoms. The first kappa shape index (κ1) is 25.8. The Morgan fingerprint density at radius 2 is 1.33 bits per heavy atom. The molecule has 0 unspecified atom stereocenters. The summed E-state index contributed by atoms with van der Waals surface area (Å²) in [6, 6.07) is 0. The molecule has 0 N–H and O–H groups in total. The number of ether oxygens (including phenoxy) is 3. The van der Waals surface area contributed by atoms with E-state index in [1.54, 1.807) is 0 Å². The summed E-state index contributed by atoms with van der Waals surface area (Å²) in [5.41, 5.74) is 0. The number of unbranched alkanes of at least 4 members (excludes halogenated alkanes) is 9. The summed E-state index contributed by atoms with van der Waals surface area (Å²) in [5.74, 6) is 0. The van der Waals surface area contributed by atoms with Crippen molar-refractivity contribution >= 4 is 10.4 Å². The van der Waals surface area contributed by atoms with Gasteiger partial charge in [-0.1, -0.05) is 64.7 Å². The molecule has 0 spiro atoms. The zero-order valence-electron chi connectivity index (χ0n) is 16.8. The van der Waals surface area contributed by atoms with Crippen LogP contribution < -0.4 is 29.6 Å². The molecule has 4 atom stereocenters. The molecular weight excluding hydrogens is 383 g/mol. The van der Waals surface area contributed by atoms with E-state index in [1.807, 2.05) is 0 Å². The molecular formula is C18H33NaO7S. The SMILES string of the molecule is CCCCCCCCCCCCO[C@H]1CO[C@H]2[C@@H]1OC[C@H]2OS(=O)(=O)[O-].[Na+]. The third kappa shape index (κ3) is 9.87. The first-order valence-corrected chi connectivity index (χ1v) is 11.3. The van der Waals surface area contributed by atoms with Crippen LogP contribution in [0.25, 0.3) is 0 Å². The summed E-state index contributed by atoms with van der Waals surface area (Å²) in [6.45, 7) is 3.26. The minimum Gasteiger partial charge on any atom is -0.726 e. The van der Waals surface area contributed by atoms with Crippen molar-refractivity contribution in [3.05, 3.63) is 0 Å². The standard InChI is InChI=1S/C18H34O7S.Na/c1-2-3-4-5-6-7-8-9-10-11-12-22-15-13-23-18-16(14-24-17(15)18)25-26(19,20)21;/h15-18H,2-14H2,1H3,(H,19,20,21);/q;+1/p-1/t15-,16+,17+,18+;/m0./s1. The summed E-state index contributed by atoms with van der Waals surface area (Å²) >= 11 is 0. The second kappa shape index (κ2) is 13.9. The van der Waals surface area contributed by atoms with Crippen LogP contribution in [-0.2, 0) is 28.8 Å². The van der Waals surface area contributed by atoms with Crippen molar-refractivity contribution in [1.29, 1.82) is 0 Å². The summed E-state index contributed by atoms with van der Waals surface area (Å²) < 4.78 is 53.5. The van der Waals surface area contributed by atoms with Crippen LogP contribution in [0.1, 0.15) is 71.1 Å². The Morgan fingerprint density at radius 1 is 0.852 bits per heavy atom. The van der Waals surface area contributed by atoms with Gasteiger partial charge in [0.15, 0.2) is 0 Å². The molecule has 27 heavy (non-hydrogen) atoms. The predicted molar refractivity (Wildman–Crippen MR) is 95.6 cm³/mol. The van der Waals surface area contributed by atoms with Crippen molar-refractivity contribution in [3.8, 4) is 0 Å². The minimum atomic E-state index is -4.75. The molecule has 0 aromatic heterocycles. The van der Waals surface area contributed by atoms with E-state index < -0.39 is 22.6 Å². The van der Waals surface area contributed by atoms with E-state index in [1.165, 1.54) is 51.4 Å². The van der Waals surface area contributed by atoms with E-state index in [2.05, 4.69) is 11.1 Å². The largest absolute Gasteiger partial charge is 1.00 e. The maximum absolute atomic E-state index is 10.7. The van der Waals surface area contributed by atoms with Gasteiger partial charge in [-0.2, -0.15) is 0 Å². The van der Waals surface area contributed by atoms with E-state index in [0.29, 0.717) is 13.2 Å². The Bertz CT molecular complexity index is 488. The van der Waals surface area contributed by atoms with Crippen LogP contribution >= 0.6 is 0 Å². The van der Waals surface area contributed by atoms with Gasteiger partial charge >= 0.3 is 29.6 Å². The van der Waals surface area contributed by atoms with Crippen LogP contribution in [-0.4, -0.2) is 57.2 Å². The zero-order valence-corrected chi connectivity index (χ0v) is 19.6. The molecule has 9 heteroatoms. The van der Waals surface area contributed by atoms with Gasteiger partial charge < -0.3 is 18.8 Å². The van der Waals surface area contributed by atoms with Gasteiger partial charge in [0.05, 0.1) is 13.2 Å². The molecule has 2 fully saturated rings. The van der Waals surface area contributed by atoms with Gasteiger partial charge in [-0.25, -0.2) is 8.42 Å². The van der Waals surface area contributed by atoms with Crippen molar-refractivity contribution in [2.45, 2.75) is 95.5 Å². The Kier molecular flexibility index (Phi) is 13.3. The molecule has 154 valence electrons. The Morgan fingerprint density at radius 3 is 1.89 bits per heavy atom. The Labute approximate surface area is 186 Å². The smallest absolute Gasteiger partial charge is 0.726 e. The van der Waals surface area contributed by atoms with Crippen molar-refractivity contribution < 1.29 is 60.9 Å². The van der Waals surface area contributed by atoms with Gasteiger partial charge in [0.2, 0.25) is 10.4 Å². The van der Waals surface area contributed by atoms with Gasteiger partial charge in [0.25, 0.3) is 0 Å². The van der Waals surface area contributed by atoms with Crippen molar-refractivity contribution in [3.63, 3.8) is 0 Å². The van der Waals surface area contributed by atoms with Gasteiger partial charge in [0.1, 0.15) is 24.4 Å². The number of fused-ring (bicyclic) bond motifs is 1. The van der Waals surface area contributed by atoms with Crippen LogP contribution in [0, 0.1) is 0 Å². The van der Waals surface area contributed by atoms with Crippen LogP contribution in [0.5, 0.6) is 0 Å². The maximum Gasteiger partial charge on any atom is 1.00 e. The third-order valence-corrected chi connectivity index (χ3v) is 5.52. The minimum absolute atomic E-state index is 0. The van der Waals surface area contributed by atoms with Crippen LogP contribution in [0.2, 0.25) is 0 Å². The van der Waals surface area contributed by atoms with E-state index in [-0.39, 0.29) is 48.4 Å². The molecule has 0 saturated carbocycles. The van der Waals surface area contributed by atoms with Crippen LogP contribution in [0.15, 0.2) is 0 Å². The second-order valence-electron chi connectivity index (χ2n) is 7.23. The maximum atomic E-state index is 10.7. The Hall–Kier alpha value is 0.750. The normalized spacial score (nSPS) is 27.5. The molecule has 2 rings (SSSR count). The average molecular weight is 417 g/mol. The van der Waals surface area contributed by atoms with E-state index in [0.717, 1.165) is 12.8 Å². The fourth-order valence-corrected chi connectivity index (χ4v) is 4.10. The predicted octanol–water partition coefficient (Wildman–Crippen LogP) is -0.0605. The average Bonchev–Trinajstić information content (AvgIpc) is 3.15. The van der Waals surface area contributed by atoms with Gasteiger partial charge in [-0.15, -0.1) is 0 Å². The van der Waals surface area contributed by atoms with Crippen molar-refractivity contribution in [2.75, 3.05) is 19.8 Å². The molecule has 2 aliphatic rings. The summed E-state index contributed by atoms with van der Waals surface area (Å²) in [4.78, 5) is 0. The van der Waals surface area contributed by atoms with E-state index in [9.17, 15) is 13.0 Å². The molecule has 0 aliphatic carbocycles. The number of hydrogen-bond acceptors (Lipinski definition) is 7. The van der Waals surface area contributed by atoms with E-state index in [4.69, 9.17) is 14.2 Å². The molecule has 7 nitrogen and oxygen atoms in total. The first-order chi connectivity index (χ1) is 12.5. The van der Waals surface area contributed by atoms with Gasteiger partial charge in [-0.05, 0) is 6.42 Å². The van der Waals surface area contributed by atoms with Crippen molar-refractivity contribution in [2.24, 2.45) is 0 Å².